The van der Waals surface area contributed by atoms with Crippen molar-refractivity contribution in [3.63, 3.8) is 0 Å². The molecule has 0 atom stereocenters. The second-order valence-electron chi connectivity index (χ2n) is 3.55. The predicted molar refractivity (Wildman–Crippen MR) is 60.1 cm³/mol. The Balaban J connectivity index is 2.77. The first-order chi connectivity index (χ1) is 7.17. The van der Waals surface area contributed by atoms with Gasteiger partial charge < -0.3 is 0 Å². The molecule has 0 aliphatic rings. The van der Waals surface area contributed by atoms with Crippen molar-refractivity contribution in [3.05, 3.63) is 35.4 Å². The van der Waals surface area contributed by atoms with Crippen molar-refractivity contribution < 1.29 is 9.59 Å². The minimum absolute atomic E-state index is 0.00176. The van der Waals surface area contributed by atoms with E-state index in [4.69, 9.17) is 0 Å². The number of hydrogen-bond donors (Lipinski definition) is 0. The van der Waals surface area contributed by atoms with E-state index in [2.05, 4.69) is 0 Å². The fourth-order valence-electron chi connectivity index (χ4n) is 1.37. The number of ketones is 2. The van der Waals surface area contributed by atoms with Crippen LogP contribution in [0.5, 0.6) is 0 Å². The van der Waals surface area contributed by atoms with E-state index in [-0.39, 0.29) is 18.0 Å². The molecule has 2 nitrogen and oxygen atoms in total. The van der Waals surface area contributed by atoms with Crippen molar-refractivity contribution in [2.75, 3.05) is 0 Å². The molecule has 0 fully saturated rings. The minimum atomic E-state index is -0.0721. The minimum Gasteiger partial charge on any atom is -0.299 e. The summed E-state index contributed by atoms with van der Waals surface area (Å²) in [6, 6.07) is 7.48. The molecule has 0 unspecified atom stereocenters. The molecule has 1 rings (SSSR count). The van der Waals surface area contributed by atoms with Crippen LogP contribution >= 0.6 is 0 Å². The quantitative estimate of drug-likeness (QED) is 0.546. The standard InChI is InChI=1S/C13H16O2/c1-3-10-6-5-7-11(8-10)13(15)9-12(14)4-2/h5-8H,3-4,9H2,1-2H3. The van der Waals surface area contributed by atoms with Crippen LogP contribution in [0.25, 0.3) is 0 Å². The number of hydrogen-bond acceptors (Lipinski definition) is 2. The fraction of sp³-hybridized carbons (Fsp3) is 0.385. The first kappa shape index (κ1) is 11.6. The molecule has 80 valence electrons. The summed E-state index contributed by atoms with van der Waals surface area (Å²) in [7, 11) is 0. The average Bonchev–Trinajstić information content (AvgIpc) is 2.28. The molecule has 0 radical (unpaired) electrons. The zero-order valence-electron chi connectivity index (χ0n) is 9.25. The SMILES string of the molecule is CCC(=O)CC(=O)c1cccc(CC)c1. The van der Waals surface area contributed by atoms with Crippen LogP contribution in [0.4, 0.5) is 0 Å². The van der Waals surface area contributed by atoms with Crippen LogP contribution in [-0.2, 0) is 11.2 Å². The Morgan fingerprint density at radius 2 is 1.93 bits per heavy atom. The molecule has 0 aliphatic heterocycles. The van der Waals surface area contributed by atoms with Crippen LogP contribution in [-0.4, -0.2) is 11.6 Å². The molecule has 0 aromatic heterocycles. The Kier molecular flexibility index (Phi) is 4.22. The van der Waals surface area contributed by atoms with E-state index in [0.29, 0.717) is 12.0 Å². The summed E-state index contributed by atoms with van der Waals surface area (Å²) in [6.45, 7) is 3.82. The molecular weight excluding hydrogens is 188 g/mol. The maximum absolute atomic E-state index is 11.7. The predicted octanol–water partition coefficient (Wildman–Crippen LogP) is 2.80. The van der Waals surface area contributed by atoms with Crippen LogP contribution in [0.1, 0.15) is 42.6 Å². The number of carbonyl (C=O) groups is 2. The first-order valence-electron chi connectivity index (χ1n) is 5.31. The van der Waals surface area contributed by atoms with Crippen LogP contribution in [0.15, 0.2) is 24.3 Å². The van der Waals surface area contributed by atoms with Crippen molar-refractivity contribution in [1.29, 1.82) is 0 Å². The van der Waals surface area contributed by atoms with Gasteiger partial charge in [-0.25, -0.2) is 0 Å². The van der Waals surface area contributed by atoms with Crippen molar-refractivity contribution in [1.82, 2.24) is 0 Å². The maximum atomic E-state index is 11.7. The van der Waals surface area contributed by atoms with E-state index < -0.39 is 0 Å². The summed E-state index contributed by atoms with van der Waals surface area (Å²) in [5.74, 6) is -0.0703. The summed E-state index contributed by atoms with van der Waals surface area (Å²) < 4.78 is 0. The molecule has 1 aromatic rings. The molecule has 0 spiro atoms. The highest BCUT2D eigenvalue weighted by atomic mass is 16.1. The molecule has 0 N–H and O–H groups in total. The van der Waals surface area contributed by atoms with Crippen LogP contribution in [0.2, 0.25) is 0 Å². The number of benzene rings is 1. The van der Waals surface area contributed by atoms with Gasteiger partial charge in [0.2, 0.25) is 0 Å². The highest BCUT2D eigenvalue weighted by molar-refractivity contribution is 6.07. The third-order valence-electron chi connectivity index (χ3n) is 2.41. The van der Waals surface area contributed by atoms with Gasteiger partial charge >= 0.3 is 0 Å². The number of Topliss-reactive ketones (excluding diaryl/α,β-unsaturated/α-hetero) is 2. The van der Waals surface area contributed by atoms with Crippen LogP contribution in [0.3, 0.4) is 0 Å². The van der Waals surface area contributed by atoms with Crippen LogP contribution in [0, 0.1) is 0 Å². The molecule has 2 heteroatoms. The Labute approximate surface area is 90.3 Å². The normalized spacial score (nSPS) is 10.0. The second kappa shape index (κ2) is 5.44. The molecule has 0 amide bonds. The molecule has 0 saturated carbocycles. The number of rotatable bonds is 5. The van der Waals surface area contributed by atoms with E-state index in [0.717, 1.165) is 12.0 Å². The second-order valence-corrected chi connectivity index (χ2v) is 3.55. The Hall–Kier alpha value is -1.44. The zero-order chi connectivity index (χ0) is 11.3. The van der Waals surface area contributed by atoms with Gasteiger partial charge in [-0.1, -0.05) is 32.0 Å². The lowest BCUT2D eigenvalue weighted by Crippen LogP contribution is -2.07. The summed E-state index contributed by atoms with van der Waals surface area (Å²) in [5, 5.41) is 0. The highest BCUT2D eigenvalue weighted by Gasteiger charge is 2.10. The first-order valence-corrected chi connectivity index (χ1v) is 5.31. The molecule has 0 bridgehead atoms. The van der Waals surface area contributed by atoms with Gasteiger partial charge in [0.25, 0.3) is 0 Å². The Bertz CT molecular complexity index is 367. The van der Waals surface area contributed by atoms with E-state index in [1.807, 2.05) is 25.1 Å². The number of carbonyl (C=O) groups excluding carboxylic acids is 2. The van der Waals surface area contributed by atoms with Crippen LogP contribution < -0.4 is 0 Å². The lowest BCUT2D eigenvalue weighted by molar-refractivity contribution is -0.117. The molecular formula is C13H16O2. The Morgan fingerprint density at radius 1 is 1.20 bits per heavy atom. The van der Waals surface area contributed by atoms with Gasteiger partial charge in [-0.3, -0.25) is 9.59 Å². The van der Waals surface area contributed by atoms with Gasteiger partial charge in [0.1, 0.15) is 5.78 Å². The molecule has 1 aromatic carbocycles. The molecule has 0 aliphatic carbocycles. The molecule has 15 heavy (non-hydrogen) atoms. The van der Waals surface area contributed by atoms with Gasteiger partial charge in [0.15, 0.2) is 5.78 Å². The average molecular weight is 204 g/mol. The molecule has 0 heterocycles. The van der Waals surface area contributed by atoms with Crippen molar-refractivity contribution >= 4 is 11.6 Å². The third-order valence-corrected chi connectivity index (χ3v) is 2.41. The lowest BCUT2D eigenvalue weighted by Gasteiger charge is -2.01. The van der Waals surface area contributed by atoms with Crippen molar-refractivity contribution in [2.24, 2.45) is 0 Å². The summed E-state index contributed by atoms with van der Waals surface area (Å²) in [4.78, 5) is 22.8. The van der Waals surface area contributed by atoms with Gasteiger partial charge in [0.05, 0.1) is 6.42 Å². The Morgan fingerprint density at radius 3 is 2.53 bits per heavy atom. The maximum Gasteiger partial charge on any atom is 0.170 e. The highest BCUT2D eigenvalue weighted by Crippen LogP contribution is 2.09. The monoisotopic (exact) mass is 204 g/mol. The van der Waals surface area contributed by atoms with Gasteiger partial charge in [-0.2, -0.15) is 0 Å². The van der Waals surface area contributed by atoms with E-state index in [9.17, 15) is 9.59 Å². The smallest absolute Gasteiger partial charge is 0.170 e. The zero-order valence-corrected chi connectivity index (χ0v) is 9.25. The summed E-state index contributed by atoms with van der Waals surface area (Å²) >= 11 is 0. The summed E-state index contributed by atoms with van der Waals surface area (Å²) in [6.07, 6.45) is 1.37. The summed E-state index contributed by atoms with van der Waals surface area (Å²) in [5.41, 5.74) is 1.78. The van der Waals surface area contributed by atoms with E-state index in [1.54, 1.807) is 13.0 Å². The number of aryl methyl sites for hydroxylation is 1. The van der Waals surface area contributed by atoms with Gasteiger partial charge in [-0.05, 0) is 18.1 Å². The van der Waals surface area contributed by atoms with E-state index >= 15 is 0 Å². The lowest BCUT2D eigenvalue weighted by atomic mass is 10.0. The third kappa shape index (κ3) is 3.31. The van der Waals surface area contributed by atoms with E-state index in [1.165, 1.54) is 0 Å². The largest absolute Gasteiger partial charge is 0.299 e. The van der Waals surface area contributed by atoms with Gasteiger partial charge in [-0.15, -0.1) is 0 Å². The van der Waals surface area contributed by atoms with Crippen molar-refractivity contribution in [3.8, 4) is 0 Å². The van der Waals surface area contributed by atoms with Gasteiger partial charge in [0, 0.05) is 12.0 Å². The van der Waals surface area contributed by atoms with Crippen molar-refractivity contribution in [2.45, 2.75) is 33.1 Å². The fourth-order valence-corrected chi connectivity index (χ4v) is 1.37. The topological polar surface area (TPSA) is 34.1 Å². The molecule has 0 saturated heterocycles.